The average Bonchev–Trinajstić information content (AvgIpc) is 3.12. The number of carbonyl (C=O) groups is 3. The number of β-lactam (4-membered cyclic amide) rings is 1. The maximum absolute atomic E-state index is 12.7. The Bertz CT molecular complexity index is 829. The number of thiazole rings is 1. The summed E-state index contributed by atoms with van der Waals surface area (Å²) in [5.41, 5.74) is 5.74. The summed E-state index contributed by atoms with van der Waals surface area (Å²) in [5, 5.41) is 19.1. The molecule has 0 saturated carbocycles. The summed E-state index contributed by atoms with van der Waals surface area (Å²) >= 11 is 2.44. The zero-order valence-electron chi connectivity index (χ0n) is 15.8. The van der Waals surface area contributed by atoms with Gasteiger partial charge in [-0.3, -0.25) is 9.59 Å². The number of fused-ring (bicyclic) bond motifs is 1. The third kappa shape index (κ3) is 4.01. The summed E-state index contributed by atoms with van der Waals surface area (Å²) in [5.74, 6) is -2.44. The number of amides is 2. The number of nitrogens with zero attached hydrogens (tertiary/aromatic N) is 3. The predicted octanol–water partition coefficient (Wildman–Crippen LogP) is -4.23. The number of hydrogen-bond acceptors (Lipinski definition) is 10. The standard InChI is InChI=1S/C15H19N5O5S2.Na/c1-4-25-19-7(6-5-26-14(16)17-6)10(21)18-8-11(22)20-9(13(23)24)15(2,3)27-12(8)20;/h5,8-9,12H,4H2,1-3H3,(H2,16,17)(H,18,21)(H,23,24);/q;+1/p-1/b19-7-;/t8-,9-,12+;/m0./s1. The number of nitrogen functional groups attached to an aromatic ring is 1. The first-order valence-electron chi connectivity index (χ1n) is 8.10. The molecule has 2 saturated heterocycles. The third-order valence-electron chi connectivity index (χ3n) is 4.22. The van der Waals surface area contributed by atoms with Crippen LogP contribution in [-0.4, -0.2) is 62.2 Å². The van der Waals surface area contributed by atoms with Crippen molar-refractivity contribution in [2.45, 2.75) is 43.0 Å². The van der Waals surface area contributed by atoms with E-state index in [0.29, 0.717) is 0 Å². The summed E-state index contributed by atoms with van der Waals surface area (Å²) in [7, 11) is 0. The van der Waals surface area contributed by atoms with E-state index in [1.54, 1.807) is 26.2 Å². The van der Waals surface area contributed by atoms with Crippen molar-refractivity contribution in [3.8, 4) is 0 Å². The van der Waals surface area contributed by atoms with Crippen LogP contribution < -0.4 is 45.7 Å². The molecule has 0 radical (unpaired) electrons. The first-order valence-corrected chi connectivity index (χ1v) is 9.86. The van der Waals surface area contributed by atoms with Gasteiger partial charge >= 0.3 is 29.6 Å². The third-order valence-corrected chi connectivity index (χ3v) is 6.46. The van der Waals surface area contributed by atoms with Gasteiger partial charge in [0.2, 0.25) is 5.91 Å². The van der Waals surface area contributed by atoms with Crippen LogP contribution in [0.25, 0.3) is 0 Å². The van der Waals surface area contributed by atoms with Gasteiger partial charge in [-0.1, -0.05) is 5.16 Å². The van der Waals surface area contributed by atoms with Crippen LogP contribution in [-0.2, 0) is 19.2 Å². The normalized spacial score (nSPS) is 25.4. The summed E-state index contributed by atoms with van der Waals surface area (Å²) in [4.78, 5) is 46.8. The number of aliphatic carboxylic acids is 1. The average molecular weight is 435 g/mol. The van der Waals surface area contributed by atoms with E-state index in [1.807, 2.05) is 0 Å². The minimum absolute atomic E-state index is 0. The Labute approximate surface area is 191 Å². The van der Waals surface area contributed by atoms with Crippen molar-refractivity contribution < 1.29 is 53.9 Å². The molecule has 2 amide bonds. The molecule has 28 heavy (non-hydrogen) atoms. The topological polar surface area (TPSA) is 150 Å². The molecule has 13 heteroatoms. The predicted molar refractivity (Wildman–Crippen MR) is 97.7 cm³/mol. The number of anilines is 1. The zero-order chi connectivity index (χ0) is 19.9. The molecule has 0 aliphatic carbocycles. The van der Waals surface area contributed by atoms with E-state index in [0.717, 1.165) is 11.3 Å². The largest absolute Gasteiger partial charge is 1.00 e. The second kappa shape index (κ2) is 8.57. The maximum Gasteiger partial charge on any atom is 1.00 e. The molecule has 10 nitrogen and oxygen atoms in total. The minimum Gasteiger partial charge on any atom is -0.548 e. The number of aromatic nitrogens is 1. The first-order chi connectivity index (χ1) is 12.7. The van der Waals surface area contributed by atoms with Gasteiger partial charge in [-0.05, 0) is 20.8 Å². The van der Waals surface area contributed by atoms with Crippen LogP contribution in [0.2, 0.25) is 0 Å². The second-order valence-corrected chi connectivity index (χ2v) is 9.12. The number of hydrogen-bond donors (Lipinski definition) is 2. The maximum atomic E-state index is 12.7. The molecule has 0 unspecified atom stereocenters. The van der Waals surface area contributed by atoms with E-state index in [4.69, 9.17) is 10.6 Å². The zero-order valence-corrected chi connectivity index (χ0v) is 19.4. The van der Waals surface area contributed by atoms with Crippen molar-refractivity contribution in [1.29, 1.82) is 0 Å². The Kier molecular flexibility index (Phi) is 7.03. The Morgan fingerprint density at radius 3 is 2.71 bits per heavy atom. The number of rotatable bonds is 6. The quantitative estimate of drug-likeness (QED) is 0.198. The molecule has 2 aliphatic heterocycles. The van der Waals surface area contributed by atoms with Crippen molar-refractivity contribution in [2.75, 3.05) is 12.3 Å². The van der Waals surface area contributed by atoms with Crippen LogP contribution in [0.3, 0.4) is 0 Å². The molecule has 0 bridgehead atoms. The molecule has 3 heterocycles. The van der Waals surface area contributed by atoms with Gasteiger partial charge in [-0.15, -0.1) is 23.1 Å². The van der Waals surface area contributed by atoms with Crippen molar-refractivity contribution in [1.82, 2.24) is 15.2 Å². The number of nitrogens with two attached hydrogens (primary N) is 1. The van der Waals surface area contributed by atoms with Gasteiger partial charge in [0.1, 0.15) is 23.7 Å². The number of carbonyl (C=O) groups excluding carboxylic acids is 3. The molecular formula is C15H18N5NaO5S2. The fourth-order valence-electron chi connectivity index (χ4n) is 3.07. The fourth-order valence-corrected chi connectivity index (χ4v) is 5.23. The molecular weight excluding hydrogens is 417 g/mol. The molecule has 0 spiro atoms. The molecule has 2 aliphatic rings. The molecule has 3 rings (SSSR count). The Morgan fingerprint density at radius 1 is 1.50 bits per heavy atom. The van der Waals surface area contributed by atoms with Gasteiger partial charge in [-0.2, -0.15) is 0 Å². The number of carboxylic acid groups (broad SMARTS) is 1. The summed E-state index contributed by atoms with van der Waals surface area (Å²) in [6.45, 7) is 5.40. The molecule has 2 fully saturated rings. The van der Waals surface area contributed by atoms with Crippen molar-refractivity contribution in [3.05, 3.63) is 11.1 Å². The number of thioether (sulfide) groups is 1. The molecule has 3 N–H and O–H groups in total. The SMILES string of the molecule is CCO/N=C(\C(=O)N[C@H]1C(=O)N2[C@@H]1SC(C)(C)[C@@H]2C(=O)[O-])c1csc(N)n1.[Na+]. The molecule has 3 atom stereocenters. The van der Waals surface area contributed by atoms with Gasteiger partial charge in [0.05, 0.1) is 12.0 Å². The number of nitrogens with one attached hydrogen (secondary N) is 1. The summed E-state index contributed by atoms with van der Waals surface area (Å²) in [6.07, 6.45) is 0. The minimum atomic E-state index is -1.32. The van der Waals surface area contributed by atoms with Gasteiger partial charge in [0, 0.05) is 10.1 Å². The summed E-state index contributed by atoms with van der Waals surface area (Å²) < 4.78 is -0.732. The monoisotopic (exact) mass is 435 g/mol. The number of oxime groups is 1. The van der Waals surface area contributed by atoms with Crippen LogP contribution in [0, 0.1) is 0 Å². The van der Waals surface area contributed by atoms with Crippen LogP contribution in [0.1, 0.15) is 26.5 Å². The molecule has 146 valence electrons. The molecule has 1 aromatic rings. The van der Waals surface area contributed by atoms with Crippen molar-refractivity contribution in [2.24, 2.45) is 5.16 Å². The smallest absolute Gasteiger partial charge is 0.548 e. The Morgan fingerprint density at radius 2 is 2.18 bits per heavy atom. The van der Waals surface area contributed by atoms with E-state index in [-0.39, 0.29) is 52.7 Å². The fraction of sp³-hybridized carbons (Fsp3) is 0.533. The van der Waals surface area contributed by atoms with E-state index in [1.165, 1.54) is 16.7 Å². The van der Waals surface area contributed by atoms with Crippen molar-refractivity contribution in [3.63, 3.8) is 0 Å². The van der Waals surface area contributed by atoms with E-state index < -0.39 is 40.0 Å². The van der Waals surface area contributed by atoms with E-state index in [9.17, 15) is 19.5 Å². The van der Waals surface area contributed by atoms with Crippen LogP contribution >= 0.6 is 23.1 Å². The first kappa shape index (κ1) is 22.9. The second-order valence-electron chi connectivity index (χ2n) is 6.46. The van der Waals surface area contributed by atoms with Gasteiger partial charge < -0.3 is 30.7 Å². The van der Waals surface area contributed by atoms with Gasteiger partial charge in [0.15, 0.2) is 10.8 Å². The van der Waals surface area contributed by atoms with Gasteiger partial charge in [-0.25, -0.2) is 4.98 Å². The van der Waals surface area contributed by atoms with Gasteiger partial charge in [0.25, 0.3) is 5.91 Å². The Balaban J connectivity index is 0.00000280. The summed E-state index contributed by atoms with van der Waals surface area (Å²) in [6, 6.07) is -1.92. The van der Waals surface area contributed by atoms with Crippen LogP contribution in [0.5, 0.6) is 0 Å². The van der Waals surface area contributed by atoms with Crippen molar-refractivity contribution >= 4 is 51.7 Å². The number of carboxylic acids is 1. The van der Waals surface area contributed by atoms with Crippen LogP contribution in [0.15, 0.2) is 10.5 Å². The van der Waals surface area contributed by atoms with E-state index in [2.05, 4.69) is 15.5 Å². The Hall–Kier alpha value is -1.34. The van der Waals surface area contributed by atoms with E-state index >= 15 is 0 Å². The molecule has 1 aromatic heterocycles. The molecule has 0 aromatic carbocycles. The van der Waals surface area contributed by atoms with Crippen LogP contribution in [0.4, 0.5) is 5.13 Å².